The first-order valence-corrected chi connectivity index (χ1v) is 14.5. The molecule has 13 heteroatoms. The molecule has 4 rings (SSSR count). The largest absolute Gasteiger partial charge is 0.465 e. The van der Waals surface area contributed by atoms with Crippen LogP contribution in [-0.2, 0) is 35.0 Å². The topological polar surface area (TPSA) is 190 Å². The summed E-state index contributed by atoms with van der Waals surface area (Å²) in [5, 5.41) is 1.14. The number of hydrogen-bond donors (Lipinski definition) is 1. The van der Waals surface area contributed by atoms with Gasteiger partial charge in [-0.15, -0.1) is 10.2 Å². The Labute approximate surface area is 234 Å². The van der Waals surface area contributed by atoms with Crippen LogP contribution in [0.1, 0.15) is 57.2 Å². The number of methoxy groups -OCH3 is 1. The Hall–Kier alpha value is -3.03. The van der Waals surface area contributed by atoms with Crippen molar-refractivity contribution in [3.05, 3.63) is 35.5 Å². The molecule has 0 unspecified atom stereocenters. The molecule has 2 aliphatic rings. The van der Waals surface area contributed by atoms with Gasteiger partial charge < -0.3 is 19.2 Å². The average molecular weight is 583 g/mol. The van der Waals surface area contributed by atoms with E-state index >= 15 is 0 Å². The van der Waals surface area contributed by atoms with E-state index in [1.807, 2.05) is 12.1 Å². The first-order valence-electron chi connectivity index (χ1n) is 13.3. The highest BCUT2D eigenvalue weighted by atomic mass is 35.7. The molecule has 1 aromatic carbocycles. The van der Waals surface area contributed by atoms with E-state index in [0.29, 0.717) is 19.3 Å². The third-order valence-electron chi connectivity index (χ3n) is 7.15. The van der Waals surface area contributed by atoms with Gasteiger partial charge in [0.1, 0.15) is 12.2 Å². The monoisotopic (exact) mass is 582 g/mol. The minimum absolute atomic E-state index is 0.202. The van der Waals surface area contributed by atoms with Crippen LogP contribution in [0.2, 0.25) is 0 Å². The van der Waals surface area contributed by atoms with Crippen molar-refractivity contribution in [2.24, 2.45) is 11.8 Å². The van der Waals surface area contributed by atoms with Crippen molar-refractivity contribution < 1.29 is 62.0 Å². The van der Waals surface area contributed by atoms with Crippen LogP contribution < -0.4 is 18.6 Å². The van der Waals surface area contributed by atoms with Crippen molar-refractivity contribution in [1.82, 2.24) is 4.98 Å². The van der Waals surface area contributed by atoms with Gasteiger partial charge >= 0.3 is 17.9 Å². The predicted molar refractivity (Wildman–Crippen MR) is 130 cm³/mol. The fourth-order valence-electron chi connectivity index (χ4n) is 5.62. The predicted octanol–water partition coefficient (Wildman–Crippen LogP) is -1.37. The van der Waals surface area contributed by atoms with Gasteiger partial charge in [0.15, 0.2) is 5.92 Å². The number of nitrogens with one attached hydrogen (secondary N) is 1. The van der Waals surface area contributed by atoms with E-state index in [1.165, 1.54) is 7.11 Å². The Morgan fingerprint density at radius 1 is 1.07 bits per heavy atom. The number of aromatic amines is 1. The van der Waals surface area contributed by atoms with E-state index in [9.17, 15) is 14.4 Å². The Balaban J connectivity index is 0.000000810. The molecule has 0 fully saturated rings. The van der Waals surface area contributed by atoms with Crippen LogP contribution in [0, 0.1) is 22.1 Å². The van der Waals surface area contributed by atoms with Gasteiger partial charge in [-0.3, -0.25) is 9.59 Å². The minimum atomic E-state index is -4.94. The highest BCUT2D eigenvalue weighted by Gasteiger charge is 2.45. The summed E-state index contributed by atoms with van der Waals surface area (Å²) in [6.07, 6.45) is 4.40. The molecular weight excluding hydrogens is 548 g/mol. The molecule has 0 aliphatic carbocycles. The van der Waals surface area contributed by atoms with Crippen LogP contribution in [0.15, 0.2) is 24.3 Å². The zero-order chi connectivity index (χ0) is 29.4. The number of hydrogen-bond acceptors (Lipinski definition) is 10. The van der Waals surface area contributed by atoms with Crippen LogP contribution in [-0.4, -0.2) is 66.1 Å². The van der Waals surface area contributed by atoms with Crippen molar-refractivity contribution >= 4 is 34.5 Å². The standard InChI is InChI=1S/C27H34N2O6.ClHO4/c1-4-34-25(30)19(26(31)35-5-2)13-8-10-17-11-9-15-29-22(27(32)33-3)16-20-18-12-6-7-14-21(18)28-23(20)24(17)29;2-1(3,4)5/h6-7,12,14,17,19,22H,4-5,8-11,13,15-16H2,1-3H3;(H,2,3,4,5)/t17-,22-;/m0./s1. The van der Waals surface area contributed by atoms with Crippen LogP contribution in [0.3, 0.4) is 0 Å². The molecule has 1 N–H and O–H groups in total. The molecule has 2 atom stereocenters. The summed E-state index contributed by atoms with van der Waals surface area (Å²) in [4.78, 5) is 41.2. The maximum Gasteiger partial charge on any atom is 0.375 e. The number of fused-ring (bicyclic) bond motifs is 4. The molecule has 3 heterocycles. The number of nitrogens with zero attached hydrogens (tertiary/aromatic N) is 1. The van der Waals surface area contributed by atoms with E-state index in [2.05, 4.69) is 21.7 Å². The lowest BCUT2D eigenvalue weighted by atomic mass is 9.81. The molecule has 0 spiro atoms. The Bertz CT molecular complexity index is 1210. The maximum absolute atomic E-state index is 12.8. The quantitative estimate of drug-likeness (QED) is 0.160. The molecule has 1 aromatic heterocycles. The lowest BCUT2D eigenvalue weighted by Gasteiger charge is -2.30. The van der Waals surface area contributed by atoms with E-state index in [1.54, 1.807) is 13.8 Å². The molecule has 40 heavy (non-hydrogen) atoms. The summed E-state index contributed by atoms with van der Waals surface area (Å²) in [7, 11) is -3.50. The summed E-state index contributed by atoms with van der Waals surface area (Å²) in [5.41, 5.74) is 4.46. The van der Waals surface area contributed by atoms with Crippen LogP contribution in [0.4, 0.5) is 0 Å². The normalized spacial score (nSPS) is 18.4. The summed E-state index contributed by atoms with van der Waals surface area (Å²) in [6, 6.07) is 7.83. The second-order valence-corrected chi connectivity index (χ2v) is 10.3. The highest BCUT2D eigenvalue weighted by molar-refractivity contribution is 6.05. The zero-order valence-electron chi connectivity index (χ0n) is 22.8. The number of ether oxygens (including phenoxy) is 3. The van der Waals surface area contributed by atoms with Gasteiger partial charge in [-0.05, 0) is 44.7 Å². The number of carbonyl (C=O) groups is 3. The molecular formula is C27H35ClN2O10. The van der Waals surface area contributed by atoms with E-state index in [-0.39, 0.29) is 31.1 Å². The van der Waals surface area contributed by atoms with Crippen LogP contribution in [0.25, 0.3) is 10.9 Å². The fourth-order valence-corrected chi connectivity index (χ4v) is 5.62. The Kier molecular flexibility index (Phi) is 11.1. The maximum atomic E-state index is 12.8. The number of benzene rings is 1. The van der Waals surface area contributed by atoms with Gasteiger partial charge in [0.2, 0.25) is 5.71 Å². The molecule has 0 bridgehead atoms. The summed E-state index contributed by atoms with van der Waals surface area (Å²) < 4.78 is 51.6. The first-order chi connectivity index (χ1) is 19.0. The molecule has 0 amide bonds. The number of aromatic nitrogens is 1. The molecule has 0 radical (unpaired) electrons. The number of para-hydroxylation sites is 1. The van der Waals surface area contributed by atoms with Crippen molar-refractivity contribution in [3.63, 3.8) is 0 Å². The molecule has 2 aliphatic heterocycles. The Morgan fingerprint density at radius 2 is 1.70 bits per heavy atom. The lowest BCUT2D eigenvalue weighted by molar-refractivity contribution is -2.00. The SMILES string of the molecule is CCOC(=O)C(CCC[C@H]1CCC[N+]2=C1c1[nH]c3ccccc3c1C[C@H]2C(=O)OC)C(=O)OCC.[O-][Cl+3]([O-])([O-])[O-]. The third-order valence-corrected chi connectivity index (χ3v) is 7.15. The smallest absolute Gasteiger partial charge is 0.375 e. The average Bonchev–Trinajstić information content (AvgIpc) is 3.28. The van der Waals surface area contributed by atoms with Gasteiger partial charge in [0.05, 0.1) is 20.3 Å². The van der Waals surface area contributed by atoms with E-state index < -0.39 is 28.1 Å². The van der Waals surface area contributed by atoms with Gasteiger partial charge in [-0.2, -0.15) is 0 Å². The van der Waals surface area contributed by atoms with E-state index in [4.69, 9.17) is 32.8 Å². The number of halogens is 1. The molecule has 2 aromatic rings. The minimum Gasteiger partial charge on any atom is -0.465 e. The molecule has 0 saturated heterocycles. The zero-order valence-corrected chi connectivity index (χ0v) is 23.6. The fraction of sp³-hybridized carbons (Fsp3) is 0.556. The Morgan fingerprint density at radius 3 is 2.30 bits per heavy atom. The first kappa shape index (κ1) is 31.5. The second-order valence-electron chi connectivity index (χ2n) is 9.55. The summed E-state index contributed by atoms with van der Waals surface area (Å²) >= 11 is 0. The molecule has 0 saturated carbocycles. The van der Waals surface area contributed by atoms with Gasteiger partial charge in [-0.25, -0.2) is 28.0 Å². The molecule has 12 nitrogen and oxygen atoms in total. The number of H-pyrrole nitrogens is 1. The van der Waals surface area contributed by atoms with Crippen molar-refractivity contribution in [2.75, 3.05) is 26.9 Å². The summed E-state index contributed by atoms with van der Waals surface area (Å²) in [6.45, 7) is 4.71. The van der Waals surface area contributed by atoms with Gasteiger partial charge in [0.25, 0.3) is 6.04 Å². The number of carbonyl (C=O) groups excluding carboxylic acids is 3. The van der Waals surface area contributed by atoms with E-state index in [0.717, 1.165) is 53.7 Å². The van der Waals surface area contributed by atoms with Crippen LogP contribution >= 0.6 is 0 Å². The number of rotatable bonds is 9. The molecule has 220 valence electrons. The number of esters is 3. The van der Waals surface area contributed by atoms with Crippen molar-refractivity contribution in [1.29, 1.82) is 0 Å². The van der Waals surface area contributed by atoms with Gasteiger partial charge in [0, 0.05) is 29.7 Å². The van der Waals surface area contributed by atoms with Gasteiger partial charge in [-0.1, -0.05) is 24.6 Å². The third kappa shape index (κ3) is 7.79. The lowest BCUT2D eigenvalue weighted by Crippen LogP contribution is -2.68. The highest BCUT2D eigenvalue weighted by Crippen LogP contribution is 2.35. The second kappa shape index (κ2) is 14.0. The van der Waals surface area contributed by atoms with Crippen LogP contribution in [0.5, 0.6) is 0 Å². The van der Waals surface area contributed by atoms with Crippen molar-refractivity contribution in [3.8, 4) is 0 Å². The summed E-state index contributed by atoms with van der Waals surface area (Å²) in [5.74, 6) is -1.97. The van der Waals surface area contributed by atoms with Crippen molar-refractivity contribution in [2.45, 2.75) is 58.4 Å².